The first-order chi connectivity index (χ1) is 13.4. The van der Waals surface area contributed by atoms with Crippen LogP contribution in [0.5, 0.6) is 0 Å². The van der Waals surface area contributed by atoms with Gasteiger partial charge in [-0.05, 0) is 61.2 Å². The molecule has 160 valence electrons. The van der Waals surface area contributed by atoms with Gasteiger partial charge in [0.2, 0.25) is 0 Å². The van der Waals surface area contributed by atoms with Crippen molar-refractivity contribution in [2.45, 2.75) is 62.3 Å². The van der Waals surface area contributed by atoms with Crippen molar-refractivity contribution in [3.63, 3.8) is 0 Å². The molecule has 0 heterocycles. The van der Waals surface area contributed by atoms with Gasteiger partial charge in [-0.3, -0.25) is 9.59 Å². The molecule has 0 aromatic carbocycles. The van der Waals surface area contributed by atoms with E-state index in [-0.39, 0.29) is 36.0 Å². The largest absolute Gasteiger partial charge is 0.390 e. The molecular weight excluding hydrogens is 446 g/mol. The van der Waals surface area contributed by atoms with E-state index in [1.54, 1.807) is 6.92 Å². The Hall–Kier alpha value is -0.920. The van der Waals surface area contributed by atoms with E-state index in [0.29, 0.717) is 6.42 Å². The molecule has 0 amide bonds. The summed E-state index contributed by atoms with van der Waals surface area (Å²) in [7, 11) is 0. The standard InChI is InChI=1S/C22H27BrF2O4/c1-11-6-13-14-8-16(24)15-7-12(27)4-5-19(15,2)22(14,25)17(28)9-20(13,3)21(11,23)18(29)10-26/h4-5,7,11,13-14,16-17,26,28H,6,8-10H2,1-3H3/t11-,13+,14+,16-,17+,19+,20+,21+,22?/m1/s1. The molecule has 0 bridgehead atoms. The van der Waals surface area contributed by atoms with Crippen molar-refractivity contribution in [3.8, 4) is 0 Å². The summed E-state index contributed by atoms with van der Waals surface area (Å²) < 4.78 is 31.1. The number of ketones is 2. The summed E-state index contributed by atoms with van der Waals surface area (Å²) in [5.74, 6) is -2.16. The highest BCUT2D eigenvalue weighted by Crippen LogP contribution is 2.72. The second-order valence-electron chi connectivity index (χ2n) is 9.79. The fourth-order valence-electron chi connectivity index (χ4n) is 7.22. The monoisotopic (exact) mass is 472 g/mol. The molecule has 0 aromatic rings. The van der Waals surface area contributed by atoms with Gasteiger partial charge in [-0.1, -0.05) is 35.9 Å². The summed E-state index contributed by atoms with van der Waals surface area (Å²) in [6.45, 7) is 4.62. The van der Waals surface area contributed by atoms with Crippen molar-refractivity contribution in [3.05, 3.63) is 23.8 Å². The zero-order chi connectivity index (χ0) is 21.6. The molecule has 0 aromatic heterocycles. The Morgan fingerprint density at radius 2 is 1.97 bits per heavy atom. The Morgan fingerprint density at radius 1 is 1.31 bits per heavy atom. The van der Waals surface area contributed by atoms with Gasteiger partial charge in [-0.2, -0.15) is 0 Å². The van der Waals surface area contributed by atoms with Crippen molar-refractivity contribution in [2.75, 3.05) is 6.61 Å². The Balaban J connectivity index is 1.87. The predicted octanol–water partition coefficient (Wildman–Crippen LogP) is 3.25. The van der Waals surface area contributed by atoms with Crippen LogP contribution in [0.3, 0.4) is 0 Å². The van der Waals surface area contributed by atoms with Crippen LogP contribution in [0.4, 0.5) is 8.78 Å². The summed E-state index contributed by atoms with van der Waals surface area (Å²) >= 11 is 3.59. The average molecular weight is 473 g/mol. The fourth-order valence-corrected chi connectivity index (χ4v) is 7.99. The molecule has 4 aliphatic carbocycles. The van der Waals surface area contributed by atoms with Crippen LogP contribution < -0.4 is 0 Å². The van der Waals surface area contributed by atoms with Crippen LogP contribution in [0.1, 0.15) is 40.0 Å². The van der Waals surface area contributed by atoms with Gasteiger partial charge < -0.3 is 10.2 Å². The first-order valence-corrected chi connectivity index (χ1v) is 11.0. The van der Waals surface area contributed by atoms with Crippen molar-refractivity contribution in [1.82, 2.24) is 0 Å². The number of fused-ring (bicyclic) bond motifs is 5. The third-order valence-corrected chi connectivity index (χ3v) is 10.8. The summed E-state index contributed by atoms with van der Waals surface area (Å²) in [5.41, 5.74) is -4.32. The highest BCUT2D eigenvalue weighted by Gasteiger charge is 2.76. The van der Waals surface area contributed by atoms with Crippen LogP contribution in [-0.2, 0) is 9.59 Å². The van der Waals surface area contributed by atoms with Crippen molar-refractivity contribution in [1.29, 1.82) is 0 Å². The molecule has 1 unspecified atom stereocenters. The Morgan fingerprint density at radius 3 is 2.59 bits per heavy atom. The molecule has 3 saturated carbocycles. The normalized spacial score (nSPS) is 53.7. The van der Waals surface area contributed by atoms with Crippen LogP contribution in [0.15, 0.2) is 23.8 Å². The zero-order valence-electron chi connectivity index (χ0n) is 16.8. The molecule has 2 N–H and O–H groups in total. The average Bonchev–Trinajstić information content (AvgIpc) is 2.86. The third-order valence-electron chi connectivity index (χ3n) is 8.69. The quantitative estimate of drug-likeness (QED) is 0.604. The summed E-state index contributed by atoms with van der Waals surface area (Å²) in [6, 6.07) is 0. The van der Waals surface area contributed by atoms with Crippen LogP contribution >= 0.6 is 15.9 Å². The minimum absolute atomic E-state index is 0.00755. The number of aliphatic hydroxyl groups excluding tert-OH is 2. The Labute approximate surface area is 177 Å². The lowest BCUT2D eigenvalue weighted by Crippen LogP contribution is -2.69. The van der Waals surface area contributed by atoms with E-state index in [1.165, 1.54) is 18.2 Å². The van der Waals surface area contributed by atoms with Crippen LogP contribution in [0.2, 0.25) is 0 Å². The molecular formula is C22H27BrF2O4. The van der Waals surface area contributed by atoms with Gasteiger partial charge in [0.05, 0.1) is 10.4 Å². The minimum Gasteiger partial charge on any atom is -0.390 e. The van der Waals surface area contributed by atoms with E-state index < -0.39 is 51.4 Å². The number of carbonyl (C=O) groups excluding carboxylic acids is 2. The van der Waals surface area contributed by atoms with Crippen molar-refractivity contribution >= 4 is 27.5 Å². The zero-order valence-corrected chi connectivity index (χ0v) is 18.4. The smallest absolute Gasteiger partial charge is 0.178 e. The number of aliphatic hydroxyl groups is 2. The summed E-state index contributed by atoms with van der Waals surface area (Å²) in [5, 5.41) is 20.7. The van der Waals surface area contributed by atoms with Crippen molar-refractivity contribution in [2.24, 2.45) is 28.6 Å². The minimum atomic E-state index is -2.15. The Kier molecular flexibility index (Phi) is 4.63. The number of rotatable bonds is 2. The molecule has 29 heavy (non-hydrogen) atoms. The molecule has 4 rings (SSSR count). The highest BCUT2D eigenvalue weighted by atomic mass is 79.9. The van der Waals surface area contributed by atoms with Gasteiger partial charge in [0.1, 0.15) is 12.8 Å². The van der Waals surface area contributed by atoms with E-state index >= 15 is 8.78 Å². The maximum Gasteiger partial charge on any atom is 0.178 e. The topological polar surface area (TPSA) is 74.6 Å². The van der Waals surface area contributed by atoms with Gasteiger partial charge in [0, 0.05) is 11.3 Å². The molecule has 0 radical (unpaired) electrons. The first kappa shape index (κ1) is 21.3. The molecule has 4 nitrogen and oxygen atoms in total. The number of alkyl halides is 3. The van der Waals surface area contributed by atoms with Crippen molar-refractivity contribution < 1.29 is 28.6 Å². The van der Waals surface area contributed by atoms with Crippen LogP contribution in [0, 0.1) is 28.6 Å². The number of hydrogen-bond acceptors (Lipinski definition) is 4. The van der Waals surface area contributed by atoms with Crippen LogP contribution in [-0.4, -0.2) is 50.7 Å². The summed E-state index contributed by atoms with van der Waals surface area (Å²) in [4.78, 5) is 24.6. The number of hydrogen-bond donors (Lipinski definition) is 2. The maximum atomic E-state index is 16.9. The van der Waals surface area contributed by atoms with Gasteiger partial charge in [0.25, 0.3) is 0 Å². The van der Waals surface area contributed by atoms with Gasteiger partial charge >= 0.3 is 0 Å². The maximum absolute atomic E-state index is 16.9. The number of Topliss-reactive ketones (excluding diaryl/α,β-unsaturated/α-hetero) is 1. The van der Waals surface area contributed by atoms with E-state index in [0.717, 1.165) is 0 Å². The van der Waals surface area contributed by atoms with E-state index in [9.17, 15) is 19.8 Å². The fraction of sp³-hybridized carbons (Fsp3) is 0.727. The first-order valence-electron chi connectivity index (χ1n) is 10.2. The number of carbonyl (C=O) groups is 2. The Bertz CT molecular complexity index is 843. The van der Waals surface area contributed by atoms with E-state index in [4.69, 9.17) is 0 Å². The van der Waals surface area contributed by atoms with Crippen LogP contribution in [0.25, 0.3) is 0 Å². The molecule has 0 spiro atoms. The molecule has 9 atom stereocenters. The lowest BCUT2D eigenvalue weighted by molar-refractivity contribution is -0.199. The van der Waals surface area contributed by atoms with E-state index in [1.807, 2.05) is 13.8 Å². The molecule has 4 aliphatic rings. The predicted molar refractivity (Wildman–Crippen MR) is 107 cm³/mol. The lowest BCUT2D eigenvalue weighted by Gasteiger charge is -2.63. The molecule has 7 heteroatoms. The second kappa shape index (κ2) is 6.30. The molecule has 3 fully saturated rings. The van der Waals surface area contributed by atoms with Gasteiger partial charge in [-0.25, -0.2) is 8.78 Å². The number of allylic oxidation sites excluding steroid dienone is 4. The molecule has 0 aliphatic heterocycles. The van der Waals surface area contributed by atoms with Gasteiger partial charge in [0.15, 0.2) is 17.2 Å². The SMILES string of the molecule is C[C@@H]1C[C@H]2[C@@H]3C[C@@H](F)C4=CC(=O)C=C[C@]4(C)C3(F)[C@@H](O)C[C@]2(C)[C@@]1(Br)C(=O)CO. The summed E-state index contributed by atoms with van der Waals surface area (Å²) in [6.07, 6.45) is 1.25. The van der Waals surface area contributed by atoms with Gasteiger partial charge in [-0.15, -0.1) is 0 Å². The highest BCUT2D eigenvalue weighted by molar-refractivity contribution is 9.10. The van der Waals surface area contributed by atoms with E-state index in [2.05, 4.69) is 15.9 Å². The second-order valence-corrected chi connectivity index (χ2v) is 11.0. The number of halogens is 3. The third kappa shape index (κ3) is 2.30. The lowest BCUT2D eigenvalue weighted by atomic mass is 9.44. The molecule has 0 saturated heterocycles.